The molecule has 0 aliphatic rings. The molecule has 0 bridgehead atoms. The zero-order chi connectivity index (χ0) is 36.9. The molecule has 0 amide bonds. The van der Waals surface area contributed by atoms with Gasteiger partial charge in [0.05, 0.1) is 33.2 Å². The molecule has 0 aliphatic heterocycles. The van der Waals surface area contributed by atoms with Crippen molar-refractivity contribution in [2.75, 3.05) is 0 Å². The summed E-state index contributed by atoms with van der Waals surface area (Å²) in [5.41, 5.74) is 11.3. The molecule has 52 heavy (non-hydrogen) atoms. The first-order valence-corrected chi connectivity index (χ1v) is 17.3. The van der Waals surface area contributed by atoms with Crippen molar-refractivity contribution >= 4 is 76.5 Å². The van der Waals surface area contributed by atoms with E-state index in [9.17, 15) is 0 Å². The van der Waals surface area contributed by atoms with Crippen LogP contribution in [0.1, 0.15) is 36.0 Å². The van der Waals surface area contributed by atoms with Crippen LogP contribution in [0.4, 0.5) is 0 Å². The molecule has 6 aromatic carbocycles. The van der Waals surface area contributed by atoms with E-state index in [0.29, 0.717) is 5.56 Å². The summed E-state index contributed by atoms with van der Waals surface area (Å²) >= 11 is 0. The van der Waals surface area contributed by atoms with Crippen molar-refractivity contribution in [1.82, 2.24) is 18.8 Å². The molecule has 5 heterocycles. The fourth-order valence-corrected chi connectivity index (χ4v) is 7.85. The van der Waals surface area contributed by atoms with Crippen molar-refractivity contribution in [3.05, 3.63) is 157 Å². The standard InChI is InChI=1S/C31H16N3.C16H18N.Ir/c1-2-11-20-19(10-1)28-27(34-26-16-8-5-13-23(26)32-31(20)34)17-22-18-9-3-6-14-24(18)33-25-15-7-4-12-21(25)29(28)30(22)33;1-12-5-7-13(8-6-12)15-11-14(9-10-17-15)16(2,3)4;/h1-10,12-17H;5-7,9-11H,1-4H3;/q2*-1;/i;1D3;. The third kappa shape index (κ3) is 4.77. The summed E-state index contributed by atoms with van der Waals surface area (Å²) < 4.78 is 26.9. The van der Waals surface area contributed by atoms with Gasteiger partial charge >= 0.3 is 0 Å². The van der Waals surface area contributed by atoms with Gasteiger partial charge in [0.1, 0.15) is 0 Å². The molecule has 253 valence electrons. The van der Waals surface area contributed by atoms with Crippen molar-refractivity contribution in [1.29, 1.82) is 0 Å². The molecule has 0 unspecified atom stereocenters. The minimum absolute atomic E-state index is 0. The number of fused-ring (bicyclic) bond motifs is 15. The topological polar surface area (TPSA) is 34.6 Å². The first-order valence-electron chi connectivity index (χ1n) is 18.8. The smallest absolute Gasteiger partial charge is 0.0774 e. The predicted molar refractivity (Wildman–Crippen MR) is 213 cm³/mol. The molecule has 0 fully saturated rings. The minimum Gasteiger partial charge on any atom is -0.333 e. The number of pyridine rings is 2. The van der Waals surface area contributed by atoms with Crippen LogP contribution in [-0.2, 0) is 25.5 Å². The largest absolute Gasteiger partial charge is 0.333 e. The van der Waals surface area contributed by atoms with E-state index in [0.717, 1.165) is 33.3 Å². The van der Waals surface area contributed by atoms with Gasteiger partial charge in [0.25, 0.3) is 0 Å². The van der Waals surface area contributed by atoms with Crippen LogP contribution in [-0.4, -0.2) is 18.8 Å². The van der Waals surface area contributed by atoms with Gasteiger partial charge in [-0.15, -0.1) is 65.0 Å². The van der Waals surface area contributed by atoms with Gasteiger partial charge < -0.3 is 13.8 Å². The molecule has 0 saturated heterocycles. The van der Waals surface area contributed by atoms with Crippen molar-refractivity contribution in [2.45, 2.75) is 33.0 Å². The van der Waals surface area contributed by atoms with Crippen LogP contribution in [0.15, 0.2) is 134 Å². The van der Waals surface area contributed by atoms with E-state index in [1.807, 2.05) is 18.2 Å². The molecule has 5 heteroatoms. The normalized spacial score (nSPS) is 13.2. The molecule has 0 saturated carbocycles. The fourth-order valence-electron chi connectivity index (χ4n) is 7.85. The number of nitrogens with zero attached hydrogens (tertiary/aromatic N) is 4. The van der Waals surface area contributed by atoms with Crippen molar-refractivity contribution in [2.24, 2.45) is 0 Å². The van der Waals surface area contributed by atoms with Gasteiger partial charge in [-0.2, -0.15) is 0 Å². The summed E-state index contributed by atoms with van der Waals surface area (Å²) in [5, 5.41) is 8.69. The number of hydrogen-bond donors (Lipinski definition) is 0. The summed E-state index contributed by atoms with van der Waals surface area (Å²) in [4.78, 5) is 9.41. The van der Waals surface area contributed by atoms with Crippen LogP contribution in [0, 0.1) is 19.0 Å². The Morgan fingerprint density at radius 3 is 2.15 bits per heavy atom. The van der Waals surface area contributed by atoms with E-state index >= 15 is 0 Å². The van der Waals surface area contributed by atoms with Gasteiger partial charge in [-0.1, -0.05) is 87.6 Å². The Bertz CT molecular complexity index is 3240. The van der Waals surface area contributed by atoms with Gasteiger partial charge in [0, 0.05) is 57.5 Å². The van der Waals surface area contributed by atoms with Gasteiger partial charge in [-0.25, -0.2) is 0 Å². The summed E-state index contributed by atoms with van der Waals surface area (Å²) in [7, 11) is 0. The van der Waals surface area contributed by atoms with E-state index in [-0.39, 0.29) is 25.5 Å². The SMILES string of the molecule is [2H]C([2H])([2H])c1c[c-]c(-c2cc(C(C)(C)C)ccn2)cc1.[Ir].[c-]1cccc2c1c1nc3ccccc3n1c1cc3c4ccccc4n4c5ccccc5c(c21)c34. The molecule has 4 nitrogen and oxygen atoms in total. The van der Waals surface area contributed by atoms with Crippen molar-refractivity contribution < 1.29 is 24.2 Å². The van der Waals surface area contributed by atoms with E-state index in [4.69, 9.17) is 9.10 Å². The summed E-state index contributed by atoms with van der Waals surface area (Å²) in [6.07, 6.45) is 1.78. The van der Waals surface area contributed by atoms with Gasteiger partial charge in [0.2, 0.25) is 0 Å². The van der Waals surface area contributed by atoms with Crippen LogP contribution in [0.3, 0.4) is 0 Å². The summed E-state index contributed by atoms with van der Waals surface area (Å²) in [5.74, 6) is 0. The van der Waals surface area contributed by atoms with Crippen LogP contribution in [0.25, 0.3) is 87.7 Å². The number of aromatic nitrogens is 4. The van der Waals surface area contributed by atoms with Crippen LogP contribution in [0.2, 0.25) is 0 Å². The third-order valence-electron chi connectivity index (χ3n) is 10.2. The zero-order valence-corrected chi connectivity index (χ0v) is 31.2. The van der Waals surface area contributed by atoms with Gasteiger partial charge in [-0.3, -0.25) is 4.98 Å². The molecule has 0 N–H and O–H groups in total. The Hall–Kier alpha value is -5.61. The quantitative estimate of drug-likeness (QED) is 0.122. The van der Waals surface area contributed by atoms with Gasteiger partial charge in [-0.05, 0) is 58.5 Å². The molecule has 0 aliphatic carbocycles. The predicted octanol–water partition coefficient (Wildman–Crippen LogP) is 11.9. The zero-order valence-electron chi connectivity index (χ0n) is 31.8. The second-order valence-electron chi connectivity index (χ2n) is 14.3. The van der Waals surface area contributed by atoms with Crippen LogP contribution in [0.5, 0.6) is 0 Å². The number of hydrogen-bond acceptors (Lipinski definition) is 2. The summed E-state index contributed by atoms with van der Waals surface area (Å²) in [6.45, 7) is 4.35. The molecule has 11 aromatic rings. The minimum atomic E-state index is -2.09. The maximum absolute atomic E-state index is 7.36. The van der Waals surface area contributed by atoms with E-state index in [1.54, 1.807) is 18.3 Å². The molecule has 1 radical (unpaired) electrons. The molecular weight excluding hydrogens is 813 g/mol. The second-order valence-corrected chi connectivity index (χ2v) is 14.3. The van der Waals surface area contributed by atoms with Crippen LogP contribution >= 0.6 is 0 Å². The number of imidazole rings is 1. The molecule has 11 rings (SSSR count). The Morgan fingerprint density at radius 1 is 0.654 bits per heavy atom. The number of aryl methyl sites for hydroxylation is 1. The Morgan fingerprint density at radius 2 is 1.38 bits per heavy atom. The average molecular weight is 850 g/mol. The molecule has 5 aromatic heterocycles. The third-order valence-corrected chi connectivity index (χ3v) is 10.2. The monoisotopic (exact) mass is 850 g/mol. The maximum atomic E-state index is 7.36. The average Bonchev–Trinajstić information content (AvgIpc) is 3.85. The van der Waals surface area contributed by atoms with E-state index in [1.165, 1.54) is 66.0 Å². The Kier molecular flexibility index (Phi) is 6.69. The number of rotatable bonds is 1. The first kappa shape index (κ1) is 29.0. The van der Waals surface area contributed by atoms with Gasteiger partial charge in [0.15, 0.2) is 0 Å². The van der Waals surface area contributed by atoms with Crippen molar-refractivity contribution in [3.8, 4) is 11.3 Å². The van der Waals surface area contributed by atoms with E-state index < -0.39 is 6.85 Å². The number of benzene rings is 6. The maximum Gasteiger partial charge on any atom is 0.0774 e. The Balaban J connectivity index is 0.000000164. The Labute approximate surface area is 319 Å². The molecular formula is C47H34IrN4-2. The molecule has 0 spiro atoms. The fraction of sp³-hybridized carbons (Fsp3) is 0.106. The molecule has 0 atom stereocenters. The second kappa shape index (κ2) is 12.0. The van der Waals surface area contributed by atoms with Crippen LogP contribution < -0.4 is 0 Å². The van der Waals surface area contributed by atoms with E-state index in [2.05, 4.69) is 138 Å². The van der Waals surface area contributed by atoms with Crippen molar-refractivity contribution in [3.63, 3.8) is 0 Å². The number of para-hydroxylation sites is 4. The summed E-state index contributed by atoms with van der Waals surface area (Å²) in [6, 6.07) is 50.1. The first-order chi connectivity index (χ1) is 26.1.